The van der Waals surface area contributed by atoms with Gasteiger partial charge in [0.15, 0.2) is 0 Å². The maximum absolute atomic E-state index is 5.86. The first-order valence-corrected chi connectivity index (χ1v) is 4.14. The van der Waals surface area contributed by atoms with E-state index < -0.39 is 0 Å². The standard InChI is InChI=1S/C8H10ClP/c1-6-3-2-4-7(9)8(10)5-6/h2,4-5H,3,10H2,1H3. The lowest BCUT2D eigenvalue weighted by Gasteiger charge is -1.93. The number of rotatable bonds is 0. The van der Waals surface area contributed by atoms with E-state index in [1.807, 2.05) is 6.08 Å². The van der Waals surface area contributed by atoms with Gasteiger partial charge in [0.1, 0.15) is 0 Å². The van der Waals surface area contributed by atoms with Crippen LogP contribution in [-0.2, 0) is 0 Å². The highest BCUT2D eigenvalue weighted by Gasteiger charge is 1.97. The predicted molar refractivity (Wildman–Crippen MR) is 50.1 cm³/mol. The summed E-state index contributed by atoms with van der Waals surface area (Å²) < 4.78 is 0. The van der Waals surface area contributed by atoms with Crippen LogP contribution in [0.3, 0.4) is 0 Å². The summed E-state index contributed by atoms with van der Waals surface area (Å²) in [7, 11) is 2.62. The molecule has 0 aromatic carbocycles. The number of halogens is 1. The summed E-state index contributed by atoms with van der Waals surface area (Å²) in [6.45, 7) is 2.10. The van der Waals surface area contributed by atoms with Crippen molar-refractivity contribution in [3.63, 3.8) is 0 Å². The van der Waals surface area contributed by atoms with Gasteiger partial charge in [-0.2, -0.15) is 0 Å². The van der Waals surface area contributed by atoms with Crippen molar-refractivity contribution in [3.8, 4) is 0 Å². The summed E-state index contributed by atoms with van der Waals surface area (Å²) in [6, 6.07) is 0. The molecule has 54 valence electrons. The molecule has 1 rings (SSSR count). The molecule has 0 aromatic rings. The van der Waals surface area contributed by atoms with E-state index in [1.165, 1.54) is 5.57 Å². The van der Waals surface area contributed by atoms with E-state index in [0.717, 1.165) is 16.8 Å². The molecular weight excluding hydrogens is 163 g/mol. The summed E-state index contributed by atoms with van der Waals surface area (Å²) in [6.07, 6.45) is 7.11. The molecule has 0 aromatic heterocycles. The molecule has 1 aliphatic carbocycles. The molecular formula is C8H10ClP. The normalized spacial score (nSPS) is 18.9. The Morgan fingerprint density at radius 1 is 1.60 bits per heavy atom. The minimum Gasteiger partial charge on any atom is -0.104 e. The molecule has 0 heterocycles. The summed E-state index contributed by atoms with van der Waals surface area (Å²) in [4.78, 5) is 0. The zero-order chi connectivity index (χ0) is 7.56. The largest absolute Gasteiger partial charge is 0.104 e. The third-order valence-corrected chi connectivity index (χ3v) is 2.39. The SMILES string of the molecule is CC1=CC(P)=C(Cl)C=CC1. The molecule has 0 fully saturated rings. The first-order chi connectivity index (χ1) is 4.70. The molecule has 0 saturated heterocycles. The van der Waals surface area contributed by atoms with Gasteiger partial charge in [-0.3, -0.25) is 0 Å². The van der Waals surface area contributed by atoms with E-state index >= 15 is 0 Å². The molecule has 0 amide bonds. The van der Waals surface area contributed by atoms with Crippen molar-refractivity contribution in [1.82, 2.24) is 0 Å². The first-order valence-electron chi connectivity index (χ1n) is 3.19. The van der Waals surface area contributed by atoms with E-state index in [0.29, 0.717) is 0 Å². The maximum atomic E-state index is 5.86. The van der Waals surface area contributed by atoms with Gasteiger partial charge in [-0.05, 0) is 24.7 Å². The summed E-state index contributed by atoms with van der Waals surface area (Å²) >= 11 is 5.86. The highest BCUT2D eigenvalue weighted by Crippen LogP contribution is 2.24. The fourth-order valence-electron chi connectivity index (χ4n) is 0.838. The fraction of sp³-hybridized carbons (Fsp3) is 0.250. The smallest absolute Gasteiger partial charge is 0.0474 e. The second-order valence-electron chi connectivity index (χ2n) is 2.40. The van der Waals surface area contributed by atoms with Crippen molar-refractivity contribution in [2.75, 3.05) is 0 Å². The quantitative estimate of drug-likeness (QED) is 0.492. The van der Waals surface area contributed by atoms with E-state index in [9.17, 15) is 0 Å². The average molecular weight is 173 g/mol. The van der Waals surface area contributed by atoms with Gasteiger partial charge in [0.05, 0.1) is 0 Å². The van der Waals surface area contributed by atoms with Gasteiger partial charge in [0.2, 0.25) is 0 Å². The minimum absolute atomic E-state index is 0.821. The van der Waals surface area contributed by atoms with Crippen LogP contribution in [-0.4, -0.2) is 0 Å². The van der Waals surface area contributed by atoms with Gasteiger partial charge in [-0.15, -0.1) is 9.24 Å². The van der Waals surface area contributed by atoms with Crippen LogP contribution in [0.1, 0.15) is 13.3 Å². The summed E-state index contributed by atoms with van der Waals surface area (Å²) in [5.74, 6) is 0. The molecule has 0 N–H and O–H groups in total. The van der Waals surface area contributed by atoms with E-state index in [-0.39, 0.29) is 0 Å². The highest BCUT2D eigenvalue weighted by molar-refractivity contribution is 7.23. The average Bonchev–Trinajstić information content (AvgIpc) is 1.96. The molecule has 0 saturated carbocycles. The molecule has 0 bridgehead atoms. The van der Waals surface area contributed by atoms with Gasteiger partial charge in [0.25, 0.3) is 0 Å². The summed E-state index contributed by atoms with van der Waals surface area (Å²) in [5, 5.41) is 1.90. The molecule has 1 aliphatic rings. The van der Waals surface area contributed by atoms with Crippen LogP contribution in [0.15, 0.2) is 34.1 Å². The van der Waals surface area contributed by atoms with Crippen LogP contribution in [0.5, 0.6) is 0 Å². The minimum atomic E-state index is 0.821. The Labute approximate surface area is 68.9 Å². The molecule has 0 radical (unpaired) electrons. The Kier molecular flexibility index (Phi) is 2.71. The Bertz CT molecular complexity index is 223. The van der Waals surface area contributed by atoms with Crippen LogP contribution < -0.4 is 0 Å². The molecule has 1 unspecified atom stereocenters. The van der Waals surface area contributed by atoms with Crippen LogP contribution >= 0.6 is 20.8 Å². The van der Waals surface area contributed by atoms with Crippen molar-refractivity contribution < 1.29 is 0 Å². The molecule has 0 aliphatic heterocycles. The van der Waals surface area contributed by atoms with Crippen LogP contribution in [0.4, 0.5) is 0 Å². The Balaban J connectivity index is 2.98. The van der Waals surface area contributed by atoms with Crippen molar-refractivity contribution in [2.24, 2.45) is 0 Å². The van der Waals surface area contributed by atoms with E-state index in [4.69, 9.17) is 11.6 Å². The lowest BCUT2D eigenvalue weighted by Crippen LogP contribution is -1.69. The molecule has 10 heavy (non-hydrogen) atoms. The Morgan fingerprint density at radius 2 is 2.30 bits per heavy atom. The van der Waals surface area contributed by atoms with Gasteiger partial charge >= 0.3 is 0 Å². The fourth-order valence-corrected chi connectivity index (χ4v) is 1.36. The summed E-state index contributed by atoms with van der Waals surface area (Å²) in [5.41, 5.74) is 1.34. The molecule has 2 heteroatoms. The number of allylic oxidation sites excluding steroid dienone is 6. The zero-order valence-electron chi connectivity index (χ0n) is 5.89. The number of hydrogen-bond acceptors (Lipinski definition) is 0. The monoisotopic (exact) mass is 172 g/mol. The van der Waals surface area contributed by atoms with E-state index in [2.05, 4.69) is 28.3 Å². The highest BCUT2D eigenvalue weighted by atomic mass is 35.5. The molecule has 0 nitrogen and oxygen atoms in total. The molecule has 1 atom stereocenters. The van der Waals surface area contributed by atoms with Crippen molar-refractivity contribution >= 4 is 20.8 Å². The second kappa shape index (κ2) is 3.37. The Morgan fingerprint density at radius 3 is 3.00 bits per heavy atom. The topological polar surface area (TPSA) is 0 Å². The third kappa shape index (κ3) is 1.97. The van der Waals surface area contributed by atoms with Gasteiger partial charge in [0, 0.05) is 5.03 Å². The van der Waals surface area contributed by atoms with Crippen LogP contribution in [0.25, 0.3) is 0 Å². The Hall–Kier alpha value is -0.0600. The van der Waals surface area contributed by atoms with Gasteiger partial charge in [-0.1, -0.05) is 29.3 Å². The zero-order valence-corrected chi connectivity index (χ0v) is 7.81. The van der Waals surface area contributed by atoms with Gasteiger partial charge in [-0.25, -0.2) is 0 Å². The molecule has 0 spiro atoms. The van der Waals surface area contributed by atoms with Crippen molar-refractivity contribution in [1.29, 1.82) is 0 Å². The number of hydrogen-bond donors (Lipinski definition) is 0. The third-order valence-electron chi connectivity index (χ3n) is 1.38. The lowest BCUT2D eigenvalue weighted by molar-refractivity contribution is 1.22. The predicted octanol–water partition coefficient (Wildman–Crippen LogP) is 3.22. The van der Waals surface area contributed by atoms with Crippen molar-refractivity contribution in [2.45, 2.75) is 13.3 Å². The van der Waals surface area contributed by atoms with Crippen LogP contribution in [0, 0.1) is 0 Å². The van der Waals surface area contributed by atoms with E-state index in [1.54, 1.807) is 0 Å². The lowest BCUT2D eigenvalue weighted by atomic mass is 10.2. The first kappa shape index (κ1) is 8.04. The van der Waals surface area contributed by atoms with Crippen molar-refractivity contribution in [3.05, 3.63) is 34.1 Å². The second-order valence-corrected chi connectivity index (χ2v) is 3.43. The maximum Gasteiger partial charge on any atom is 0.0474 e. The van der Waals surface area contributed by atoms with Crippen LogP contribution in [0.2, 0.25) is 0 Å². The van der Waals surface area contributed by atoms with Gasteiger partial charge < -0.3 is 0 Å².